The summed E-state index contributed by atoms with van der Waals surface area (Å²) in [4.78, 5) is 0. The molecule has 0 nitrogen and oxygen atoms in total. The molecule has 9 aromatic rings. The predicted molar refractivity (Wildman–Crippen MR) is 333 cm³/mol. The van der Waals surface area contributed by atoms with Crippen molar-refractivity contribution in [1.29, 1.82) is 0 Å². The van der Waals surface area contributed by atoms with Gasteiger partial charge in [-0.2, -0.15) is 0 Å². The maximum Gasteiger partial charge on any atom is 0 e. The van der Waals surface area contributed by atoms with Crippen molar-refractivity contribution in [3.05, 3.63) is 245 Å². The summed E-state index contributed by atoms with van der Waals surface area (Å²) in [6.07, 6.45) is 3.24. The molecule has 0 atom stereocenters. The van der Waals surface area contributed by atoms with E-state index in [0.717, 1.165) is 19.3 Å². The van der Waals surface area contributed by atoms with E-state index in [1.165, 1.54) is 99.1 Å². The molecule has 0 aliphatic heterocycles. The number of rotatable bonds is 0. The number of benzene rings is 9. The van der Waals surface area contributed by atoms with Gasteiger partial charge >= 0.3 is 0 Å². The summed E-state index contributed by atoms with van der Waals surface area (Å²) in [6, 6.07) is 65.8. The molecular weight excluding hydrogens is 3080 g/mol. The van der Waals surface area contributed by atoms with Gasteiger partial charge in [0.2, 0.25) is 0 Å². The monoisotopic (exact) mass is 3170 g/mol. The molecule has 0 spiro atoms. The average Bonchev–Trinajstić information content (AvgIpc) is 4.34. The minimum Gasteiger partial charge on any atom is -0.358 e. The van der Waals surface area contributed by atoms with Gasteiger partial charge in [-0.15, -0.1) is 0 Å². The summed E-state index contributed by atoms with van der Waals surface area (Å²) in [6.45, 7) is 32.0. The molecule has 25 radical (unpaired) electrons. The third-order valence-corrected chi connectivity index (χ3v) is 11.1. The molecule has 3 aliphatic rings. The fourth-order valence-corrected chi connectivity index (χ4v) is 8.71. The smallest absolute Gasteiger partial charge is 0 e. The Morgan fingerprint density at radius 2 is 0.323 bits per heavy atom. The van der Waals surface area contributed by atoms with E-state index < -0.39 is 0 Å². The van der Waals surface area contributed by atoms with Gasteiger partial charge in [-0.05, 0) is 118 Å². The molecule has 0 heterocycles. The fraction of sp³-hybridized carbons (Fsp3) is 0.268. The molecule has 0 fully saturated rings. The van der Waals surface area contributed by atoms with E-state index in [2.05, 4.69) is 182 Å². The molecule has 0 saturated carbocycles. The maximum atomic E-state index is 2.30. The van der Waals surface area contributed by atoms with Crippen LogP contribution in [0.1, 0.15) is 144 Å². The van der Waals surface area contributed by atoms with Crippen molar-refractivity contribution < 1.29 is 818 Å². The van der Waals surface area contributed by atoms with Gasteiger partial charge in [-0.25, -0.2) is 0 Å². The molecule has 459 valence electrons. The SMILES string of the molecule is CC.CC.CC.CC.CC.CC.CC.CC.[CH3-].[CH3-].[CH3-].[CH3-].[Y].[Y].[Y].[Y].[Y].[Y].[Y].[Y].[Y].[Y].[Y].[Y].[Y].[Y].[Y].[Y].[Y].[Y].[Y].[Y].[Y].[Y].[Y].[Y].[Y].c1ccc2c(c1)Cc1ccc3ccccc3c1-2.c1ccc2c(c1)Cc1ccccc1-2.c1ccc2c3c(ccc2c1)Cc1ccc2ccccc2c1-3. The van der Waals surface area contributed by atoms with E-state index in [4.69, 9.17) is 0 Å². The molecule has 3 aliphatic carbocycles. The Labute approximate surface area is 1220 Å². The summed E-state index contributed by atoms with van der Waals surface area (Å²) in [7, 11) is 0. The van der Waals surface area contributed by atoms with Gasteiger partial charge in [0.25, 0.3) is 0 Å². The summed E-state index contributed by atoms with van der Waals surface area (Å²) in [5.74, 6) is 0. The zero-order valence-electron chi connectivity index (χ0n) is 62.9. The van der Waals surface area contributed by atoms with E-state index in [1.807, 2.05) is 111 Å². The first-order valence-corrected chi connectivity index (χ1v) is 26.1. The Morgan fingerprint density at radius 1 is 0.156 bits per heavy atom. The second kappa shape index (κ2) is 132. The first kappa shape index (κ1) is 199. The topological polar surface area (TPSA) is 0 Å². The van der Waals surface area contributed by atoms with Crippen LogP contribution in [-0.4, -0.2) is 0 Å². The van der Waals surface area contributed by atoms with Crippen LogP contribution in [0.15, 0.2) is 182 Å². The van der Waals surface area contributed by atoms with E-state index in [9.17, 15) is 0 Å². The summed E-state index contributed by atoms with van der Waals surface area (Å²) < 4.78 is 0. The molecule has 0 bridgehead atoms. The molecule has 25 heteroatoms. The predicted octanol–water partition coefficient (Wildman–Crippen LogP) is 23.2. The van der Waals surface area contributed by atoms with Crippen LogP contribution in [0.5, 0.6) is 0 Å². The van der Waals surface area contributed by atoms with Crippen molar-refractivity contribution in [3.8, 4) is 33.4 Å². The van der Waals surface area contributed by atoms with Crippen LogP contribution in [0.4, 0.5) is 0 Å². The van der Waals surface area contributed by atoms with Crippen LogP contribution >= 0.6 is 0 Å². The maximum absolute atomic E-state index is 2.30. The van der Waals surface area contributed by atoms with Crippen molar-refractivity contribution in [2.45, 2.75) is 130 Å². The summed E-state index contributed by atoms with van der Waals surface area (Å²) >= 11 is 0. The van der Waals surface area contributed by atoms with Crippen molar-refractivity contribution in [1.82, 2.24) is 0 Å². The zero-order valence-corrected chi connectivity index (χ0v) is 134. The van der Waals surface area contributed by atoms with Crippen molar-refractivity contribution in [2.75, 3.05) is 0 Å². The van der Waals surface area contributed by atoms with Crippen LogP contribution in [0.2, 0.25) is 0 Å². The average molecular weight is 3170 g/mol. The van der Waals surface area contributed by atoms with E-state index >= 15 is 0 Å². The van der Waals surface area contributed by atoms with Crippen LogP contribution in [0, 0.1) is 29.7 Å². The normalized spacial score (nSPS) is 7.12. The van der Waals surface area contributed by atoms with Gasteiger partial charge in [0.1, 0.15) is 0 Å². The summed E-state index contributed by atoms with van der Waals surface area (Å²) in [5, 5.41) is 8.14. The van der Waals surface area contributed by atoms with E-state index in [0.29, 0.717) is 0 Å². The quantitative estimate of drug-likeness (QED) is 0.133. The van der Waals surface area contributed by atoms with Crippen LogP contribution in [0.25, 0.3) is 65.7 Å². The Morgan fingerprint density at radius 3 is 0.583 bits per heavy atom. The zero-order chi connectivity index (χ0) is 49.7. The third kappa shape index (κ3) is 66.7. The van der Waals surface area contributed by atoms with Crippen LogP contribution < -0.4 is 0 Å². The Kier molecular flexibility index (Phi) is 273. The van der Waals surface area contributed by atoms with Gasteiger partial charge in [-0.1, -0.05) is 293 Å². The number of fused-ring (bicyclic) bond motifs is 15. The van der Waals surface area contributed by atoms with Gasteiger partial charge in [0.05, 0.1) is 0 Å². The van der Waals surface area contributed by atoms with E-state index in [-0.39, 0.29) is 847 Å². The first-order chi connectivity index (χ1) is 33.3. The molecule has 0 N–H and O–H groups in total. The molecule has 9 aromatic carbocycles. The van der Waals surface area contributed by atoms with Gasteiger partial charge < -0.3 is 29.7 Å². The molecule has 0 saturated heterocycles. The molecule has 0 unspecified atom stereocenters. The number of hydrogen-bond acceptors (Lipinski definition) is 0. The third-order valence-electron chi connectivity index (χ3n) is 11.1. The Balaban J connectivity index is -0.0000000223. The van der Waals surface area contributed by atoms with Gasteiger partial charge in [0, 0.05) is 818 Å². The van der Waals surface area contributed by atoms with Crippen molar-refractivity contribution in [2.24, 2.45) is 0 Å². The number of hydrogen-bond donors (Lipinski definition) is 0. The van der Waals surface area contributed by atoms with E-state index in [1.54, 1.807) is 0 Å². The molecular formula is C71H96Y25-4. The van der Waals surface area contributed by atoms with Gasteiger partial charge in [0.15, 0.2) is 0 Å². The molecule has 96 heavy (non-hydrogen) atoms. The summed E-state index contributed by atoms with van der Waals surface area (Å²) in [5.41, 5.74) is 17.3. The molecule has 0 amide bonds. The molecule has 12 rings (SSSR count). The fourth-order valence-electron chi connectivity index (χ4n) is 8.71. The minimum absolute atomic E-state index is 0. The Hall–Kier alpha value is 21.4. The van der Waals surface area contributed by atoms with Crippen molar-refractivity contribution >= 4 is 32.3 Å². The largest absolute Gasteiger partial charge is 0.358 e. The second-order valence-corrected chi connectivity index (χ2v) is 14.0. The van der Waals surface area contributed by atoms with Crippen LogP contribution in [-0.2, 0) is 837 Å². The van der Waals surface area contributed by atoms with Crippen LogP contribution in [0.3, 0.4) is 0 Å². The van der Waals surface area contributed by atoms with Gasteiger partial charge in [-0.3, -0.25) is 0 Å². The second-order valence-electron chi connectivity index (χ2n) is 14.0. The van der Waals surface area contributed by atoms with Crippen molar-refractivity contribution in [3.63, 3.8) is 0 Å². The minimum atomic E-state index is 0. The standard InChI is InChI=1S/C21H14.C17H12.C13H10.8C2H6.4CH3.25Y/c1-3-7-18-14(5-1)9-11-16-13-17-12-10-15-6-2-4-8-19(15)21(17)20(16)18;1-3-7-15-12(5-1)9-10-14-11-13-6-2-4-8-16(13)17(14)15;1-3-7-12-10(5-1)9-11-6-2-4-8-13(11)12;8*1-2;;;;;;;;;;;;;;;;;;;;;;;;;;;;;/h1-12H,13H2;1-10H,11H2;1-8H,9H2;8*1-2H3;4*1H3;;;;;;;;;;;;;;;;;;;;;;;;;/q;;;;;;;;;;;4*-1;;;;;;;;;;;;;;;;;;;;;;;;;. The molecule has 0 aromatic heterocycles. The Bertz CT molecular complexity index is 2730. The first-order valence-electron chi connectivity index (χ1n) is 26.1.